The van der Waals surface area contributed by atoms with Gasteiger partial charge in [-0.2, -0.15) is 0 Å². The highest BCUT2D eigenvalue weighted by molar-refractivity contribution is 6.33. The van der Waals surface area contributed by atoms with Crippen LogP contribution in [0.4, 0.5) is 0 Å². The van der Waals surface area contributed by atoms with Crippen LogP contribution >= 0.6 is 0 Å². The van der Waals surface area contributed by atoms with Crippen LogP contribution in [0.1, 0.15) is 20.7 Å². The van der Waals surface area contributed by atoms with Crippen LogP contribution in [0.2, 0.25) is 0 Å². The number of para-hydroxylation sites is 1. The minimum atomic E-state index is -0.333. The molecular weight excluding hydrogens is 428 g/mol. The van der Waals surface area contributed by atoms with E-state index >= 15 is 0 Å². The van der Waals surface area contributed by atoms with Gasteiger partial charge in [0, 0.05) is 47.9 Å². The third-order valence-corrected chi connectivity index (χ3v) is 6.59. The number of nitrogens with zero attached hydrogens (tertiary/aromatic N) is 4. The van der Waals surface area contributed by atoms with Crippen LogP contribution in [0.3, 0.4) is 0 Å². The normalized spacial score (nSPS) is 13.9. The fraction of sp³-hybridized carbons (Fsp3) is 0.296. The first-order valence-electron chi connectivity index (χ1n) is 11.5. The lowest BCUT2D eigenvalue weighted by Gasteiger charge is -2.17. The fourth-order valence-corrected chi connectivity index (χ4v) is 4.91. The van der Waals surface area contributed by atoms with Crippen LogP contribution in [0.5, 0.6) is 0 Å². The Hall–Kier alpha value is -3.55. The first kappa shape index (κ1) is 22.3. The van der Waals surface area contributed by atoms with Gasteiger partial charge in [0.15, 0.2) is 0 Å². The molecule has 0 aliphatic carbocycles. The number of carbonyl (C=O) groups excluding carboxylic acids is 2. The summed E-state index contributed by atoms with van der Waals surface area (Å²) in [5, 5.41) is 2.39. The molecule has 2 heterocycles. The second kappa shape index (κ2) is 8.34. The van der Waals surface area contributed by atoms with E-state index in [1.54, 1.807) is 18.2 Å². The summed E-state index contributed by atoms with van der Waals surface area (Å²) in [6.45, 7) is 2.18. The summed E-state index contributed by atoms with van der Waals surface area (Å²) >= 11 is 0. The Morgan fingerprint density at radius 1 is 0.676 bits per heavy atom. The minimum Gasteiger partial charge on any atom is -0.336 e. The van der Waals surface area contributed by atoms with Crippen LogP contribution in [-0.2, 0) is 6.54 Å². The molecule has 0 bridgehead atoms. The second-order valence-corrected chi connectivity index (χ2v) is 9.39. The lowest BCUT2D eigenvalue weighted by atomic mass is 10.0. The Labute approximate surface area is 197 Å². The Kier molecular flexibility index (Phi) is 5.46. The van der Waals surface area contributed by atoms with Crippen LogP contribution in [-0.4, -0.2) is 78.9 Å². The third kappa shape index (κ3) is 3.31. The van der Waals surface area contributed by atoms with E-state index in [-0.39, 0.29) is 17.2 Å². The molecular formula is C27H28N4O3. The first-order valence-corrected chi connectivity index (χ1v) is 11.5. The number of carbonyl (C=O) groups is 2. The molecule has 7 nitrogen and oxygen atoms in total. The molecule has 0 saturated carbocycles. The predicted molar refractivity (Wildman–Crippen MR) is 136 cm³/mol. The van der Waals surface area contributed by atoms with E-state index in [0.717, 1.165) is 17.4 Å². The average molecular weight is 457 g/mol. The molecule has 3 aromatic carbocycles. The van der Waals surface area contributed by atoms with Gasteiger partial charge >= 0.3 is 0 Å². The number of amides is 2. The molecule has 0 radical (unpaired) electrons. The van der Waals surface area contributed by atoms with Gasteiger partial charge in [-0.25, -0.2) is 0 Å². The highest BCUT2D eigenvalue weighted by Crippen LogP contribution is 2.37. The molecule has 1 aliphatic heterocycles. The van der Waals surface area contributed by atoms with E-state index in [1.807, 2.05) is 68.0 Å². The summed E-state index contributed by atoms with van der Waals surface area (Å²) in [4.78, 5) is 46.8. The Morgan fingerprint density at radius 2 is 1.24 bits per heavy atom. The van der Waals surface area contributed by atoms with Crippen molar-refractivity contribution >= 4 is 44.4 Å². The molecule has 1 aromatic heterocycles. The van der Waals surface area contributed by atoms with Gasteiger partial charge in [-0.15, -0.1) is 0 Å². The first-order chi connectivity index (χ1) is 16.3. The highest BCUT2D eigenvalue weighted by atomic mass is 16.2. The van der Waals surface area contributed by atoms with Gasteiger partial charge in [-0.05, 0) is 39.6 Å². The van der Waals surface area contributed by atoms with Crippen molar-refractivity contribution in [1.82, 2.24) is 19.3 Å². The quantitative estimate of drug-likeness (QED) is 0.418. The number of fused-ring (bicyclic) bond motifs is 7. The summed E-state index contributed by atoms with van der Waals surface area (Å²) in [6.07, 6.45) is 0. The molecule has 34 heavy (non-hydrogen) atoms. The molecule has 2 amide bonds. The van der Waals surface area contributed by atoms with E-state index in [2.05, 4.69) is 4.90 Å². The van der Waals surface area contributed by atoms with E-state index in [0.29, 0.717) is 52.4 Å². The zero-order chi connectivity index (χ0) is 24.1. The van der Waals surface area contributed by atoms with Gasteiger partial charge in [0.05, 0.1) is 16.6 Å². The van der Waals surface area contributed by atoms with Gasteiger partial charge in [0.25, 0.3) is 11.8 Å². The fourth-order valence-electron chi connectivity index (χ4n) is 4.91. The molecule has 0 unspecified atom stereocenters. The standard InChI is InChI=1S/C27H28N4O3/c1-28(2)13-15-30-20-12-8-7-11-19(20)21-23-22(26(33)31(27(23)34)16-14-29(3)4)17-9-5-6-10-18(17)25(32)24(21)30/h5-12H,13-16H2,1-4H3. The van der Waals surface area contributed by atoms with Gasteiger partial charge in [0.1, 0.15) is 0 Å². The van der Waals surface area contributed by atoms with Crippen LogP contribution in [0.15, 0.2) is 53.3 Å². The number of aromatic nitrogens is 1. The third-order valence-electron chi connectivity index (χ3n) is 6.59. The zero-order valence-electron chi connectivity index (χ0n) is 20.0. The molecule has 0 fully saturated rings. The van der Waals surface area contributed by atoms with Gasteiger partial charge in [-0.3, -0.25) is 19.3 Å². The van der Waals surface area contributed by atoms with Crippen LogP contribution in [0, 0.1) is 0 Å². The van der Waals surface area contributed by atoms with E-state index in [1.165, 1.54) is 4.90 Å². The van der Waals surface area contributed by atoms with E-state index < -0.39 is 0 Å². The second-order valence-electron chi connectivity index (χ2n) is 9.39. The molecule has 0 atom stereocenters. The maximum atomic E-state index is 14.0. The van der Waals surface area contributed by atoms with Crippen molar-refractivity contribution in [3.8, 4) is 0 Å². The molecule has 1 aliphatic rings. The summed E-state index contributed by atoms with van der Waals surface area (Å²) in [5.41, 5.74) is 1.89. The van der Waals surface area contributed by atoms with Crippen molar-refractivity contribution in [2.75, 3.05) is 47.8 Å². The van der Waals surface area contributed by atoms with Crippen molar-refractivity contribution in [1.29, 1.82) is 0 Å². The SMILES string of the molecule is CN(C)CCN1C(=O)c2c(c3c4ccccc4n(CCN(C)C)c3c(=O)c3ccccc23)C1=O. The number of benzene rings is 2. The maximum Gasteiger partial charge on any atom is 0.262 e. The lowest BCUT2D eigenvalue weighted by molar-refractivity contribution is 0.0646. The summed E-state index contributed by atoms with van der Waals surface area (Å²) in [5.74, 6) is -0.664. The van der Waals surface area contributed by atoms with E-state index in [9.17, 15) is 14.4 Å². The number of hydrogen-bond donors (Lipinski definition) is 0. The Morgan fingerprint density at radius 3 is 1.91 bits per heavy atom. The van der Waals surface area contributed by atoms with Crippen molar-refractivity contribution in [2.24, 2.45) is 0 Å². The topological polar surface area (TPSA) is 65.9 Å². The van der Waals surface area contributed by atoms with Gasteiger partial charge in [-0.1, -0.05) is 42.5 Å². The van der Waals surface area contributed by atoms with E-state index in [4.69, 9.17) is 0 Å². The molecule has 4 aromatic rings. The number of hydrogen-bond acceptors (Lipinski definition) is 5. The maximum absolute atomic E-state index is 14.0. The molecule has 5 rings (SSSR count). The van der Waals surface area contributed by atoms with Gasteiger partial charge < -0.3 is 14.4 Å². The molecule has 7 heteroatoms. The lowest BCUT2D eigenvalue weighted by Crippen LogP contribution is -2.36. The smallest absolute Gasteiger partial charge is 0.262 e. The Bertz CT molecular complexity index is 1530. The number of rotatable bonds is 6. The van der Waals surface area contributed by atoms with Crippen LogP contribution < -0.4 is 5.43 Å². The molecule has 0 saturated heterocycles. The van der Waals surface area contributed by atoms with Crippen molar-refractivity contribution < 1.29 is 9.59 Å². The largest absolute Gasteiger partial charge is 0.336 e. The van der Waals surface area contributed by atoms with Crippen molar-refractivity contribution in [3.05, 3.63) is 69.9 Å². The zero-order valence-corrected chi connectivity index (χ0v) is 20.0. The predicted octanol–water partition coefficient (Wildman–Crippen LogP) is 3.03. The monoisotopic (exact) mass is 456 g/mol. The molecule has 174 valence electrons. The van der Waals surface area contributed by atoms with Crippen molar-refractivity contribution in [2.45, 2.75) is 6.54 Å². The average Bonchev–Trinajstić information content (AvgIpc) is 3.22. The van der Waals surface area contributed by atoms with Gasteiger partial charge in [0.2, 0.25) is 5.43 Å². The highest BCUT2D eigenvalue weighted by Gasteiger charge is 2.39. The molecule has 0 N–H and O–H groups in total. The van der Waals surface area contributed by atoms with Crippen LogP contribution in [0.25, 0.3) is 32.6 Å². The summed E-state index contributed by atoms with van der Waals surface area (Å²) in [7, 11) is 7.80. The Balaban J connectivity index is 1.96. The number of imide groups is 1. The minimum absolute atomic E-state index is 0.157. The van der Waals surface area contributed by atoms with Crippen molar-refractivity contribution in [3.63, 3.8) is 0 Å². The molecule has 0 spiro atoms. The summed E-state index contributed by atoms with van der Waals surface area (Å²) in [6, 6.07) is 14.9. The summed E-state index contributed by atoms with van der Waals surface area (Å²) < 4.78 is 2.01. The number of likely N-dealkylation sites (N-methyl/N-ethyl adjacent to an activating group) is 2.